The molecular weight excluding hydrogens is 528 g/mol. The molecular formula is C44H28. The van der Waals surface area contributed by atoms with Gasteiger partial charge in [-0.15, -0.1) is 0 Å². The second kappa shape index (κ2) is 9.93. The molecule has 0 aromatic heterocycles. The van der Waals surface area contributed by atoms with Crippen molar-refractivity contribution < 1.29 is 37.0 Å². The molecule has 0 radical (unpaired) electrons. The summed E-state index contributed by atoms with van der Waals surface area (Å²) in [7, 11) is 0. The van der Waals surface area contributed by atoms with Crippen LogP contribution in [0.2, 0.25) is 0 Å². The van der Waals surface area contributed by atoms with Gasteiger partial charge < -0.3 is 0 Å². The van der Waals surface area contributed by atoms with E-state index in [4.69, 9.17) is 21.9 Å². The van der Waals surface area contributed by atoms with Crippen molar-refractivity contribution in [2.24, 2.45) is 0 Å². The van der Waals surface area contributed by atoms with E-state index >= 15 is 0 Å². The predicted molar refractivity (Wildman–Crippen MR) is 190 cm³/mol. The molecule has 0 aliphatic carbocycles. The van der Waals surface area contributed by atoms with Crippen LogP contribution in [-0.4, -0.2) is 0 Å². The van der Waals surface area contributed by atoms with E-state index in [1.807, 2.05) is 0 Å². The molecule has 0 fully saturated rings. The first-order valence-electron chi connectivity index (χ1n) is 26.6. The third kappa shape index (κ3) is 3.65. The van der Waals surface area contributed by atoms with Crippen LogP contribution in [0.25, 0.3) is 87.2 Å². The summed E-state index contributed by atoms with van der Waals surface area (Å²) in [4.78, 5) is 0. The van der Waals surface area contributed by atoms with Gasteiger partial charge in [0.25, 0.3) is 0 Å². The number of fused-ring (bicyclic) bond motifs is 8. The largest absolute Gasteiger partial charge is 0.0629 e. The molecule has 0 atom stereocenters. The number of rotatable bonds is 3. The van der Waals surface area contributed by atoms with Gasteiger partial charge >= 0.3 is 0 Å². The lowest BCUT2D eigenvalue weighted by atomic mass is 9.81. The summed E-state index contributed by atoms with van der Waals surface area (Å²) in [6.07, 6.45) is 0. The van der Waals surface area contributed by atoms with Crippen LogP contribution in [0.4, 0.5) is 0 Å². The van der Waals surface area contributed by atoms with Crippen molar-refractivity contribution in [1.82, 2.24) is 0 Å². The average molecular weight is 584 g/mol. The van der Waals surface area contributed by atoms with Crippen molar-refractivity contribution in [2.45, 2.75) is 0 Å². The normalized spacial score (nSPS) is 20.2. The van der Waals surface area contributed by atoms with Gasteiger partial charge in [0, 0.05) is 0 Å². The smallest absolute Gasteiger partial charge is 0.0622 e. The van der Waals surface area contributed by atoms with E-state index in [-0.39, 0.29) is 10.8 Å². The van der Waals surface area contributed by atoms with Gasteiger partial charge in [0.1, 0.15) is 0 Å². The Balaban J connectivity index is 1.81. The van der Waals surface area contributed by atoms with E-state index in [1.165, 1.54) is 0 Å². The van der Waals surface area contributed by atoms with Gasteiger partial charge in [-0.2, -0.15) is 0 Å². The number of hydrogen-bond donors (Lipinski definition) is 0. The van der Waals surface area contributed by atoms with Gasteiger partial charge in [-0.3, -0.25) is 0 Å². The second-order valence-electron chi connectivity index (χ2n) is 9.58. The van der Waals surface area contributed by atoms with Gasteiger partial charge in [0.2, 0.25) is 0 Å². The Hall–Kier alpha value is -5.72. The summed E-state index contributed by atoms with van der Waals surface area (Å²) in [6.45, 7) is 0. The maximum absolute atomic E-state index is 9.77. The summed E-state index contributed by atoms with van der Waals surface area (Å²) in [5.41, 5.74) is -4.90. The molecule has 0 aliphatic rings. The molecule has 9 aromatic carbocycles. The summed E-state index contributed by atoms with van der Waals surface area (Å²) >= 11 is 0. The first-order chi connectivity index (χ1) is 33.1. The van der Waals surface area contributed by atoms with Gasteiger partial charge in [-0.1, -0.05) is 169 Å². The monoisotopic (exact) mass is 583 g/mol. The minimum atomic E-state index is -1.10. The molecule has 0 amide bonds. The standard InChI is InChI=1S/C44H28/c1-3-15-29(16-4-1)41-36-23-11-12-24-37(36)42(30-17-5-2-6-18-30)44-39(27-14-28-40(41)44)38-26-13-25-35-33-20-8-7-19-31(33)32-21-9-10-22-34(32)43(35)38/h1-28H/i1D,2D,3D,4D,5D,6D,7D,8D,9D,10D,11D,12D,13D,14D,15D,16D,17D,18D,19D,21D,22D,23D,24D,25D,26D,27D,28D. The zero-order chi connectivity index (χ0) is 52.5. The molecule has 0 spiro atoms. The highest BCUT2D eigenvalue weighted by atomic mass is 14.2. The van der Waals surface area contributed by atoms with Crippen molar-refractivity contribution in [3.05, 3.63) is 169 Å². The SMILES string of the molecule is [2H]c1cc2c(c([2H])c1[2H])c1c([2H])c([2H])c([2H])c([2H])c1c1c(-c3c([2H])c([2H])c([2H])c4c(-c5c([2H])c([2H])c([2H])c([2H])c5[2H])c5c([2H])c([2H])c([2H])c([2H])c5c(-c5c([2H])c([2H])c([2H])c([2H])c5[2H])c34)c([2H])c([2H])c([2H])c21. The highest BCUT2D eigenvalue weighted by molar-refractivity contribution is 6.31. The Morgan fingerprint density at radius 3 is 1.39 bits per heavy atom. The lowest BCUT2D eigenvalue weighted by Crippen LogP contribution is -1.94. The van der Waals surface area contributed by atoms with E-state index in [0.717, 1.165) is 6.07 Å². The van der Waals surface area contributed by atoms with Crippen LogP contribution in [0.5, 0.6) is 0 Å². The molecule has 0 bridgehead atoms. The van der Waals surface area contributed by atoms with E-state index in [9.17, 15) is 15.1 Å². The fourth-order valence-electron chi connectivity index (χ4n) is 5.69. The minimum Gasteiger partial charge on any atom is -0.0622 e. The summed E-state index contributed by atoms with van der Waals surface area (Å²) in [5.74, 6) is 0. The second-order valence-corrected chi connectivity index (χ2v) is 9.58. The highest BCUT2D eigenvalue weighted by Gasteiger charge is 2.21. The van der Waals surface area contributed by atoms with Crippen molar-refractivity contribution >= 4 is 53.9 Å². The molecule has 44 heavy (non-hydrogen) atoms. The minimum absolute atomic E-state index is 0.326. The molecule has 0 heteroatoms. The quantitative estimate of drug-likeness (QED) is 0.143. The van der Waals surface area contributed by atoms with E-state index in [2.05, 4.69) is 0 Å². The maximum Gasteiger partial charge on any atom is 0.0629 e. The van der Waals surface area contributed by atoms with Crippen LogP contribution in [-0.2, 0) is 0 Å². The summed E-state index contributed by atoms with van der Waals surface area (Å²) < 4.78 is 244. The molecule has 0 heterocycles. The topological polar surface area (TPSA) is 0 Å². The van der Waals surface area contributed by atoms with Crippen LogP contribution in [0.3, 0.4) is 0 Å². The first kappa shape index (κ1) is 9.91. The highest BCUT2D eigenvalue weighted by Crippen LogP contribution is 2.49. The van der Waals surface area contributed by atoms with Gasteiger partial charge in [-0.25, -0.2) is 0 Å². The Labute approximate surface area is 294 Å². The maximum atomic E-state index is 9.77. The molecule has 0 saturated heterocycles. The Morgan fingerprint density at radius 2 is 0.705 bits per heavy atom. The third-order valence-electron chi connectivity index (χ3n) is 7.39. The molecule has 0 aliphatic heterocycles. The number of hydrogen-bond acceptors (Lipinski definition) is 0. The van der Waals surface area contributed by atoms with Crippen molar-refractivity contribution in [3.63, 3.8) is 0 Å². The van der Waals surface area contributed by atoms with Crippen LogP contribution >= 0.6 is 0 Å². The van der Waals surface area contributed by atoms with Crippen molar-refractivity contribution in [3.8, 4) is 33.4 Å². The molecule has 0 saturated carbocycles. The average Bonchev–Trinajstić information content (AvgIpc) is 3.34. The number of benzene rings is 9. The zero-order valence-corrected chi connectivity index (χ0v) is 22.1. The summed E-state index contributed by atoms with van der Waals surface area (Å²) in [6, 6.07) is -24.7. The molecule has 0 nitrogen and oxygen atoms in total. The Bertz CT molecular complexity index is 4010. The molecule has 0 N–H and O–H groups in total. The van der Waals surface area contributed by atoms with Crippen LogP contribution in [0.1, 0.15) is 37.0 Å². The lowest BCUT2D eigenvalue weighted by Gasteiger charge is -2.21. The third-order valence-corrected chi connectivity index (χ3v) is 7.39. The van der Waals surface area contributed by atoms with Crippen LogP contribution < -0.4 is 0 Å². The van der Waals surface area contributed by atoms with Crippen LogP contribution in [0.15, 0.2) is 169 Å². The Kier molecular flexibility index (Phi) is 2.24. The first-order valence-corrected chi connectivity index (χ1v) is 13.1. The molecule has 0 unspecified atom stereocenters. The Morgan fingerprint density at radius 1 is 0.273 bits per heavy atom. The molecule has 9 rings (SSSR count). The molecule has 204 valence electrons. The van der Waals surface area contributed by atoms with Gasteiger partial charge in [0.15, 0.2) is 0 Å². The van der Waals surface area contributed by atoms with E-state index < -0.39 is 240 Å². The van der Waals surface area contributed by atoms with Crippen molar-refractivity contribution in [2.75, 3.05) is 0 Å². The van der Waals surface area contributed by atoms with Gasteiger partial charge in [0.05, 0.1) is 37.0 Å². The van der Waals surface area contributed by atoms with Gasteiger partial charge in [-0.05, 0) is 87.2 Å². The van der Waals surface area contributed by atoms with Crippen molar-refractivity contribution in [1.29, 1.82) is 0 Å². The molecule has 9 aromatic rings. The van der Waals surface area contributed by atoms with E-state index in [1.54, 1.807) is 0 Å². The predicted octanol–water partition coefficient (Wildman–Crippen LogP) is 12.5. The zero-order valence-electron chi connectivity index (χ0n) is 49.1. The fourth-order valence-corrected chi connectivity index (χ4v) is 5.69. The summed E-state index contributed by atoms with van der Waals surface area (Å²) in [5, 5.41) is -6.01. The van der Waals surface area contributed by atoms with Crippen LogP contribution in [0, 0.1) is 0 Å². The van der Waals surface area contributed by atoms with E-state index in [0.29, 0.717) is 0 Å². The lowest BCUT2D eigenvalue weighted by molar-refractivity contribution is 1.64. The fraction of sp³-hybridized carbons (Fsp3) is 0.